The lowest BCUT2D eigenvalue weighted by Gasteiger charge is -2.19. The SMILES string of the molecule is Nc1cccc2ccnc(Nc3ccc4c(c3)OCCO4)c12. The highest BCUT2D eigenvalue weighted by molar-refractivity contribution is 6.01. The van der Waals surface area contributed by atoms with Crippen LogP contribution < -0.4 is 20.5 Å². The van der Waals surface area contributed by atoms with Gasteiger partial charge in [0.05, 0.1) is 0 Å². The van der Waals surface area contributed by atoms with Gasteiger partial charge in [0, 0.05) is 29.0 Å². The number of ether oxygens (including phenoxy) is 2. The van der Waals surface area contributed by atoms with Crippen LogP contribution in [-0.4, -0.2) is 18.2 Å². The molecule has 0 bridgehead atoms. The van der Waals surface area contributed by atoms with Gasteiger partial charge in [-0.1, -0.05) is 12.1 Å². The molecule has 0 saturated carbocycles. The molecule has 5 nitrogen and oxygen atoms in total. The maximum absolute atomic E-state index is 6.10. The number of fused-ring (bicyclic) bond motifs is 2. The van der Waals surface area contributed by atoms with E-state index in [1.54, 1.807) is 6.20 Å². The molecule has 4 rings (SSSR count). The minimum atomic E-state index is 0.565. The quantitative estimate of drug-likeness (QED) is 0.709. The number of nitrogens with two attached hydrogens (primary N) is 1. The third-order valence-corrected chi connectivity index (χ3v) is 3.63. The van der Waals surface area contributed by atoms with Crippen molar-refractivity contribution in [3.63, 3.8) is 0 Å². The van der Waals surface area contributed by atoms with Crippen LogP contribution in [0.25, 0.3) is 10.8 Å². The summed E-state index contributed by atoms with van der Waals surface area (Å²) in [6.45, 7) is 1.15. The molecule has 1 aromatic heterocycles. The largest absolute Gasteiger partial charge is 0.486 e. The maximum atomic E-state index is 6.10. The monoisotopic (exact) mass is 293 g/mol. The lowest BCUT2D eigenvalue weighted by molar-refractivity contribution is 0.171. The molecule has 2 heterocycles. The predicted octanol–water partition coefficient (Wildman–Crippen LogP) is 3.33. The van der Waals surface area contributed by atoms with Gasteiger partial charge in [-0.05, 0) is 29.7 Å². The number of pyridine rings is 1. The van der Waals surface area contributed by atoms with Gasteiger partial charge in [0.25, 0.3) is 0 Å². The minimum absolute atomic E-state index is 0.565. The summed E-state index contributed by atoms with van der Waals surface area (Å²) in [5.74, 6) is 2.24. The zero-order valence-electron chi connectivity index (χ0n) is 11.9. The van der Waals surface area contributed by atoms with Gasteiger partial charge in [0.15, 0.2) is 11.5 Å². The summed E-state index contributed by atoms with van der Waals surface area (Å²) in [6, 6.07) is 13.5. The highest BCUT2D eigenvalue weighted by Gasteiger charge is 2.13. The Morgan fingerprint density at radius 1 is 1.00 bits per heavy atom. The Morgan fingerprint density at radius 3 is 2.77 bits per heavy atom. The van der Waals surface area contributed by atoms with Crippen molar-refractivity contribution < 1.29 is 9.47 Å². The van der Waals surface area contributed by atoms with Crippen molar-refractivity contribution in [3.05, 3.63) is 48.7 Å². The minimum Gasteiger partial charge on any atom is -0.486 e. The van der Waals surface area contributed by atoms with Crippen molar-refractivity contribution >= 4 is 28.0 Å². The number of nitrogen functional groups attached to an aromatic ring is 1. The zero-order valence-corrected chi connectivity index (χ0v) is 11.9. The van der Waals surface area contributed by atoms with Crippen LogP contribution in [0.15, 0.2) is 48.7 Å². The van der Waals surface area contributed by atoms with Gasteiger partial charge in [-0.2, -0.15) is 0 Å². The van der Waals surface area contributed by atoms with Crippen molar-refractivity contribution in [2.24, 2.45) is 0 Å². The third-order valence-electron chi connectivity index (χ3n) is 3.63. The van der Waals surface area contributed by atoms with E-state index in [0.29, 0.717) is 18.9 Å². The van der Waals surface area contributed by atoms with Crippen molar-refractivity contribution in [3.8, 4) is 11.5 Å². The van der Waals surface area contributed by atoms with Crippen LogP contribution in [0.2, 0.25) is 0 Å². The van der Waals surface area contributed by atoms with Gasteiger partial charge in [0.2, 0.25) is 0 Å². The van der Waals surface area contributed by atoms with E-state index in [1.807, 2.05) is 42.5 Å². The van der Waals surface area contributed by atoms with Crippen LogP contribution in [0, 0.1) is 0 Å². The molecule has 0 spiro atoms. The Bertz CT molecular complexity index is 843. The molecule has 0 fully saturated rings. The van der Waals surface area contributed by atoms with Crippen LogP contribution in [0.5, 0.6) is 11.5 Å². The molecule has 5 heteroatoms. The molecule has 0 radical (unpaired) electrons. The molecule has 1 aliphatic rings. The topological polar surface area (TPSA) is 69.4 Å². The molecule has 0 saturated heterocycles. The van der Waals surface area contributed by atoms with E-state index in [9.17, 15) is 0 Å². The predicted molar refractivity (Wildman–Crippen MR) is 86.9 cm³/mol. The average molecular weight is 293 g/mol. The maximum Gasteiger partial charge on any atom is 0.163 e. The van der Waals surface area contributed by atoms with Crippen molar-refractivity contribution in [1.29, 1.82) is 0 Å². The van der Waals surface area contributed by atoms with Crippen LogP contribution in [0.4, 0.5) is 17.2 Å². The Kier molecular flexibility index (Phi) is 2.96. The summed E-state index contributed by atoms with van der Waals surface area (Å²) in [5.41, 5.74) is 7.68. The smallest absolute Gasteiger partial charge is 0.163 e. The molecule has 1 aliphatic heterocycles. The van der Waals surface area contributed by atoms with Crippen molar-refractivity contribution in [2.45, 2.75) is 0 Å². The second-order valence-corrected chi connectivity index (χ2v) is 5.09. The Labute approximate surface area is 127 Å². The molecule has 0 unspecified atom stereocenters. The molecule has 3 aromatic rings. The van der Waals surface area contributed by atoms with E-state index >= 15 is 0 Å². The number of hydrogen-bond acceptors (Lipinski definition) is 5. The van der Waals surface area contributed by atoms with Crippen LogP contribution >= 0.6 is 0 Å². The van der Waals surface area contributed by atoms with E-state index in [1.165, 1.54) is 0 Å². The number of benzene rings is 2. The first-order chi connectivity index (χ1) is 10.8. The number of hydrogen-bond donors (Lipinski definition) is 2. The number of aromatic nitrogens is 1. The van der Waals surface area contributed by atoms with Crippen LogP contribution in [0.1, 0.15) is 0 Å². The fourth-order valence-electron chi connectivity index (χ4n) is 2.61. The third kappa shape index (κ3) is 2.16. The Morgan fingerprint density at radius 2 is 1.86 bits per heavy atom. The fraction of sp³-hybridized carbons (Fsp3) is 0.118. The highest BCUT2D eigenvalue weighted by atomic mass is 16.6. The standard InChI is InChI=1S/C17H15N3O2/c18-13-3-1-2-11-6-7-19-17(16(11)13)20-12-4-5-14-15(10-12)22-9-8-21-14/h1-7,10H,8-9,18H2,(H,19,20). The molecular weight excluding hydrogens is 278 g/mol. The zero-order chi connectivity index (χ0) is 14.9. The number of rotatable bonds is 2. The Balaban J connectivity index is 1.75. The lowest BCUT2D eigenvalue weighted by Crippen LogP contribution is -2.15. The van der Waals surface area contributed by atoms with Gasteiger partial charge < -0.3 is 20.5 Å². The molecule has 0 atom stereocenters. The second-order valence-electron chi connectivity index (χ2n) is 5.09. The van der Waals surface area contributed by atoms with E-state index in [4.69, 9.17) is 15.2 Å². The van der Waals surface area contributed by atoms with Crippen LogP contribution in [-0.2, 0) is 0 Å². The van der Waals surface area contributed by atoms with E-state index < -0.39 is 0 Å². The van der Waals surface area contributed by atoms with E-state index in [-0.39, 0.29) is 0 Å². The molecule has 0 amide bonds. The van der Waals surface area contributed by atoms with Gasteiger partial charge in [-0.3, -0.25) is 0 Å². The molecule has 3 N–H and O–H groups in total. The van der Waals surface area contributed by atoms with Gasteiger partial charge in [-0.25, -0.2) is 4.98 Å². The normalized spacial score (nSPS) is 13.1. The summed E-state index contributed by atoms with van der Waals surface area (Å²) >= 11 is 0. The summed E-state index contributed by atoms with van der Waals surface area (Å²) in [5, 5.41) is 5.28. The molecule has 0 aliphatic carbocycles. The first-order valence-corrected chi connectivity index (χ1v) is 7.11. The summed E-state index contributed by atoms with van der Waals surface area (Å²) in [7, 11) is 0. The van der Waals surface area contributed by atoms with E-state index in [0.717, 1.165) is 33.8 Å². The average Bonchev–Trinajstić information content (AvgIpc) is 2.55. The first-order valence-electron chi connectivity index (χ1n) is 7.11. The fourth-order valence-corrected chi connectivity index (χ4v) is 2.61. The van der Waals surface area contributed by atoms with Crippen molar-refractivity contribution in [2.75, 3.05) is 24.3 Å². The molecule has 110 valence electrons. The molecule has 22 heavy (non-hydrogen) atoms. The van der Waals surface area contributed by atoms with Gasteiger partial charge in [-0.15, -0.1) is 0 Å². The van der Waals surface area contributed by atoms with Crippen molar-refractivity contribution in [1.82, 2.24) is 4.98 Å². The Hall–Kier alpha value is -2.95. The van der Waals surface area contributed by atoms with Gasteiger partial charge >= 0.3 is 0 Å². The van der Waals surface area contributed by atoms with E-state index in [2.05, 4.69) is 10.3 Å². The lowest BCUT2D eigenvalue weighted by atomic mass is 10.1. The number of anilines is 3. The first kappa shape index (κ1) is 12.8. The van der Waals surface area contributed by atoms with Crippen LogP contribution in [0.3, 0.4) is 0 Å². The summed E-state index contributed by atoms with van der Waals surface area (Å²) in [6.07, 6.45) is 1.77. The molecular formula is C17H15N3O2. The second kappa shape index (κ2) is 5.11. The summed E-state index contributed by atoms with van der Waals surface area (Å²) < 4.78 is 11.1. The summed E-state index contributed by atoms with van der Waals surface area (Å²) in [4.78, 5) is 4.41. The highest BCUT2D eigenvalue weighted by Crippen LogP contribution is 2.35. The number of nitrogens with zero attached hydrogens (tertiary/aromatic N) is 1. The number of nitrogens with one attached hydrogen (secondary N) is 1. The molecule has 2 aromatic carbocycles. The van der Waals surface area contributed by atoms with Gasteiger partial charge in [0.1, 0.15) is 19.0 Å².